The number of amides is 2. The third kappa shape index (κ3) is 6.53. The highest BCUT2D eigenvalue weighted by molar-refractivity contribution is 6.30. The zero-order valence-corrected chi connectivity index (χ0v) is 18.5. The number of alkyl halides is 3. The molecule has 0 atom stereocenters. The number of urea groups is 1. The molecule has 0 aliphatic carbocycles. The Bertz CT molecular complexity index is 1030. The number of nitrogens with one attached hydrogen (secondary N) is 1. The average molecular weight is 464 g/mol. The van der Waals surface area contributed by atoms with Crippen molar-refractivity contribution in [1.29, 1.82) is 0 Å². The van der Waals surface area contributed by atoms with E-state index in [0.29, 0.717) is 29.4 Å². The van der Waals surface area contributed by atoms with Crippen LogP contribution in [0.4, 0.5) is 23.7 Å². The van der Waals surface area contributed by atoms with Crippen molar-refractivity contribution in [3.8, 4) is 0 Å². The van der Waals surface area contributed by atoms with E-state index in [-0.39, 0.29) is 12.6 Å². The topological polar surface area (TPSA) is 37.3 Å². The third-order valence-corrected chi connectivity index (χ3v) is 5.30. The molecular formula is C24H25ClF3N3O. The van der Waals surface area contributed by atoms with E-state index in [1.807, 2.05) is 29.8 Å². The number of hydrogen-bond donors (Lipinski definition) is 1. The highest BCUT2D eigenvalue weighted by atomic mass is 35.5. The maximum Gasteiger partial charge on any atom is 0.416 e. The van der Waals surface area contributed by atoms with Crippen molar-refractivity contribution in [3.05, 3.63) is 88.7 Å². The second kappa shape index (κ2) is 10.6. The molecule has 0 unspecified atom stereocenters. The number of carbonyl (C=O) groups excluding carboxylic acids is 1. The van der Waals surface area contributed by atoms with Crippen LogP contribution in [0.2, 0.25) is 5.02 Å². The summed E-state index contributed by atoms with van der Waals surface area (Å²) in [5.74, 6) is 0. The minimum atomic E-state index is -4.38. The number of hydrogen-bond acceptors (Lipinski definition) is 1. The van der Waals surface area contributed by atoms with Gasteiger partial charge in [0.15, 0.2) is 0 Å². The van der Waals surface area contributed by atoms with Gasteiger partial charge in [0.1, 0.15) is 0 Å². The van der Waals surface area contributed by atoms with Crippen LogP contribution in [0.1, 0.15) is 36.6 Å². The standard InChI is InChI=1S/C24H25ClF3N3O/c1-2-3-13-31(23(32)29-21-11-9-20(25)10-12-21)17-22-8-5-14-30(22)16-18-6-4-7-19(15-18)24(26,27)28/h4-12,14-15H,2-3,13,16-17H2,1H3,(H,29,32). The van der Waals surface area contributed by atoms with Gasteiger partial charge in [0.05, 0.1) is 12.1 Å². The van der Waals surface area contributed by atoms with Crippen molar-refractivity contribution in [3.63, 3.8) is 0 Å². The van der Waals surface area contributed by atoms with Crippen molar-refractivity contribution in [1.82, 2.24) is 9.47 Å². The fourth-order valence-corrected chi connectivity index (χ4v) is 3.45. The Morgan fingerprint density at radius 3 is 2.53 bits per heavy atom. The van der Waals surface area contributed by atoms with Crippen LogP contribution in [0.15, 0.2) is 66.9 Å². The maximum absolute atomic E-state index is 13.0. The normalized spacial score (nSPS) is 11.4. The van der Waals surface area contributed by atoms with Crippen LogP contribution in [0.25, 0.3) is 0 Å². The lowest BCUT2D eigenvalue weighted by atomic mass is 10.1. The van der Waals surface area contributed by atoms with E-state index >= 15 is 0 Å². The molecule has 0 spiro atoms. The molecule has 4 nitrogen and oxygen atoms in total. The van der Waals surface area contributed by atoms with E-state index in [0.717, 1.165) is 30.7 Å². The summed E-state index contributed by atoms with van der Waals surface area (Å²) in [5, 5.41) is 3.46. The summed E-state index contributed by atoms with van der Waals surface area (Å²) in [7, 11) is 0. The molecule has 0 saturated carbocycles. The van der Waals surface area contributed by atoms with E-state index in [4.69, 9.17) is 11.6 Å². The molecule has 170 valence electrons. The lowest BCUT2D eigenvalue weighted by molar-refractivity contribution is -0.137. The molecule has 2 aromatic carbocycles. The average Bonchev–Trinajstić information content (AvgIpc) is 3.18. The van der Waals surface area contributed by atoms with Gasteiger partial charge in [-0.05, 0) is 60.5 Å². The van der Waals surface area contributed by atoms with Gasteiger partial charge < -0.3 is 14.8 Å². The number of carbonyl (C=O) groups is 1. The SMILES string of the molecule is CCCCN(Cc1cccn1Cc1cccc(C(F)(F)F)c1)C(=O)Nc1ccc(Cl)cc1. The van der Waals surface area contributed by atoms with Gasteiger partial charge in [-0.3, -0.25) is 0 Å². The van der Waals surface area contributed by atoms with Gasteiger partial charge >= 0.3 is 12.2 Å². The Hall–Kier alpha value is -2.93. The van der Waals surface area contributed by atoms with E-state index in [2.05, 4.69) is 5.32 Å². The number of aromatic nitrogens is 1. The first kappa shape index (κ1) is 23.7. The van der Waals surface area contributed by atoms with Crippen LogP contribution in [-0.2, 0) is 19.3 Å². The molecule has 0 saturated heterocycles. The van der Waals surface area contributed by atoms with Crippen LogP contribution >= 0.6 is 11.6 Å². The highest BCUT2D eigenvalue weighted by Crippen LogP contribution is 2.29. The van der Waals surface area contributed by atoms with Crippen molar-refractivity contribution in [2.75, 3.05) is 11.9 Å². The van der Waals surface area contributed by atoms with Gasteiger partial charge in [-0.2, -0.15) is 13.2 Å². The maximum atomic E-state index is 13.0. The molecule has 3 rings (SSSR count). The summed E-state index contributed by atoms with van der Waals surface area (Å²) >= 11 is 5.90. The van der Waals surface area contributed by atoms with E-state index in [9.17, 15) is 18.0 Å². The number of nitrogens with zero attached hydrogens (tertiary/aromatic N) is 2. The highest BCUT2D eigenvalue weighted by Gasteiger charge is 2.30. The van der Waals surface area contributed by atoms with E-state index in [1.54, 1.807) is 35.2 Å². The fraction of sp³-hybridized carbons (Fsp3) is 0.292. The summed E-state index contributed by atoms with van der Waals surface area (Å²) in [5.41, 5.74) is 1.35. The lowest BCUT2D eigenvalue weighted by Crippen LogP contribution is -2.36. The first-order valence-corrected chi connectivity index (χ1v) is 10.8. The number of rotatable bonds is 8. The van der Waals surface area contributed by atoms with Gasteiger partial charge in [-0.15, -0.1) is 0 Å². The van der Waals surface area contributed by atoms with Gasteiger partial charge in [0.2, 0.25) is 0 Å². The second-order valence-corrected chi connectivity index (χ2v) is 7.97. The molecule has 1 N–H and O–H groups in total. The van der Waals surface area contributed by atoms with Crippen molar-refractivity contribution < 1.29 is 18.0 Å². The zero-order valence-electron chi connectivity index (χ0n) is 17.7. The monoisotopic (exact) mass is 463 g/mol. The molecule has 1 aromatic heterocycles. The molecule has 0 fully saturated rings. The molecule has 3 aromatic rings. The predicted molar refractivity (Wildman–Crippen MR) is 121 cm³/mol. The van der Waals surface area contributed by atoms with Crippen molar-refractivity contribution >= 4 is 23.3 Å². The number of benzene rings is 2. The van der Waals surface area contributed by atoms with Gasteiger partial charge in [-0.25, -0.2) is 4.79 Å². The van der Waals surface area contributed by atoms with Crippen molar-refractivity contribution in [2.24, 2.45) is 0 Å². The zero-order chi connectivity index (χ0) is 23.1. The quantitative estimate of drug-likeness (QED) is 0.382. The summed E-state index contributed by atoms with van der Waals surface area (Å²) in [6, 6.07) is 15.6. The van der Waals surface area contributed by atoms with Crippen LogP contribution in [0.3, 0.4) is 0 Å². The first-order valence-electron chi connectivity index (χ1n) is 10.4. The van der Waals surface area contributed by atoms with Crippen molar-refractivity contribution in [2.45, 2.75) is 39.0 Å². The first-order chi connectivity index (χ1) is 15.3. The molecule has 0 bridgehead atoms. The minimum absolute atomic E-state index is 0.243. The minimum Gasteiger partial charge on any atom is -0.345 e. The van der Waals surface area contributed by atoms with E-state index in [1.165, 1.54) is 6.07 Å². The molecule has 32 heavy (non-hydrogen) atoms. The predicted octanol–water partition coefficient (Wildman–Crippen LogP) is 7.04. The smallest absolute Gasteiger partial charge is 0.345 e. The van der Waals surface area contributed by atoms with Gasteiger partial charge in [-0.1, -0.05) is 37.1 Å². The molecule has 8 heteroatoms. The Kier molecular flexibility index (Phi) is 7.85. The van der Waals surface area contributed by atoms with E-state index < -0.39 is 11.7 Å². The van der Waals surface area contributed by atoms with Crippen LogP contribution in [0.5, 0.6) is 0 Å². The summed E-state index contributed by atoms with van der Waals surface area (Å²) in [4.78, 5) is 14.6. The van der Waals surface area contributed by atoms with Gasteiger partial charge in [0.25, 0.3) is 0 Å². The summed E-state index contributed by atoms with van der Waals surface area (Å²) < 4.78 is 41.0. The number of halogens is 4. The molecule has 0 radical (unpaired) electrons. The number of anilines is 1. The molecule has 0 aliphatic rings. The number of unbranched alkanes of at least 4 members (excludes halogenated alkanes) is 1. The third-order valence-electron chi connectivity index (χ3n) is 5.05. The van der Waals surface area contributed by atoms with Gasteiger partial charge in [0, 0.05) is 35.7 Å². The Morgan fingerprint density at radius 1 is 1.09 bits per heavy atom. The van der Waals surface area contributed by atoms with Crippen LogP contribution < -0.4 is 5.32 Å². The Balaban J connectivity index is 1.74. The Labute approximate surface area is 190 Å². The summed E-state index contributed by atoms with van der Waals surface area (Å²) in [6.07, 6.45) is -0.810. The largest absolute Gasteiger partial charge is 0.416 e. The Morgan fingerprint density at radius 2 is 1.84 bits per heavy atom. The molecule has 1 heterocycles. The van der Waals surface area contributed by atoms with Crippen LogP contribution in [-0.4, -0.2) is 22.0 Å². The fourth-order valence-electron chi connectivity index (χ4n) is 3.32. The molecule has 0 aliphatic heterocycles. The lowest BCUT2D eigenvalue weighted by Gasteiger charge is -2.24. The molecular weight excluding hydrogens is 439 g/mol. The molecule has 2 amide bonds. The summed E-state index contributed by atoms with van der Waals surface area (Å²) in [6.45, 7) is 3.23. The van der Waals surface area contributed by atoms with Crippen LogP contribution in [0, 0.1) is 0 Å². The second-order valence-electron chi connectivity index (χ2n) is 7.54.